The van der Waals surface area contributed by atoms with Gasteiger partial charge < -0.3 is 10.3 Å². The van der Waals surface area contributed by atoms with E-state index in [2.05, 4.69) is 36.2 Å². The van der Waals surface area contributed by atoms with Crippen molar-refractivity contribution in [3.05, 3.63) is 22.6 Å². The van der Waals surface area contributed by atoms with Gasteiger partial charge in [0.2, 0.25) is 0 Å². The van der Waals surface area contributed by atoms with Gasteiger partial charge in [-0.25, -0.2) is 9.97 Å². The highest BCUT2D eigenvalue weighted by molar-refractivity contribution is 9.10. The summed E-state index contributed by atoms with van der Waals surface area (Å²) in [4.78, 5) is 12.1. The second kappa shape index (κ2) is 4.14. The lowest BCUT2D eigenvalue weighted by atomic mass is 10.0. The molecule has 0 aliphatic carbocycles. The van der Waals surface area contributed by atoms with E-state index < -0.39 is 0 Å². The molecule has 0 saturated carbocycles. The molecule has 16 heavy (non-hydrogen) atoms. The van der Waals surface area contributed by atoms with Crippen LogP contribution in [-0.2, 0) is 0 Å². The molecule has 1 saturated heterocycles. The highest BCUT2D eigenvalue weighted by atomic mass is 79.9. The monoisotopic (exact) mass is 280 g/mol. The van der Waals surface area contributed by atoms with E-state index in [-0.39, 0.29) is 0 Å². The molecule has 1 aliphatic rings. The summed E-state index contributed by atoms with van der Waals surface area (Å²) in [5.41, 5.74) is 1.79. The predicted molar refractivity (Wildman–Crippen MR) is 66.2 cm³/mol. The molecule has 0 radical (unpaired) electrons. The maximum Gasteiger partial charge on any atom is 0.177 e. The first kappa shape index (κ1) is 10.2. The lowest BCUT2D eigenvalue weighted by Gasteiger charge is -2.21. The summed E-state index contributed by atoms with van der Waals surface area (Å²) in [5.74, 6) is 1.01. The van der Waals surface area contributed by atoms with Crippen LogP contribution in [0.25, 0.3) is 11.2 Å². The minimum absolute atomic E-state index is 0.363. The Morgan fingerprint density at radius 3 is 3.12 bits per heavy atom. The third kappa shape index (κ3) is 1.85. The van der Waals surface area contributed by atoms with Crippen LogP contribution < -0.4 is 5.32 Å². The molecule has 84 valence electrons. The molecule has 0 aromatic carbocycles. The smallest absolute Gasteiger partial charge is 0.177 e. The number of piperidine rings is 1. The number of aromatic nitrogens is 3. The standard InChI is InChI=1S/C11H13BrN4/c12-7-5-9-10(14-6-7)16-11(15-9)8-3-1-2-4-13-8/h5-6,8,13H,1-4H2,(H,14,15,16). The molecule has 0 amide bonds. The molecule has 0 bridgehead atoms. The fourth-order valence-corrected chi connectivity index (χ4v) is 2.47. The first-order valence-corrected chi connectivity index (χ1v) is 6.37. The van der Waals surface area contributed by atoms with E-state index in [1.165, 1.54) is 12.8 Å². The summed E-state index contributed by atoms with van der Waals surface area (Å²) >= 11 is 3.41. The zero-order valence-corrected chi connectivity index (χ0v) is 10.4. The molecule has 1 fully saturated rings. The van der Waals surface area contributed by atoms with E-state index in [1.54, 1.807) is 6.20 Å². The maximum atomic E-state index is 4.53. The number of fused-ring (bicyclic) bond motifs is 1. The van der Waals surface area contributed by atoms with E-state index >= 15 is 0 Å². The SMILES string of the molecule is Brc1cnc2nc(C3CCCCN3)[nH]c2c1. The van der Waals surface area contributed by atoms with Gasteiger partial charge in [-0.15, -0.1) is 0 Å². The minimum atomic E-state index is 0.363. The quantitative estimate of drug-likeness (QED) is 0.844. The van der Waals surface area contributed by atoms with Gasteiger partial charge in [-0.2, -0.15) is 0 Å². The van der Waals surface area contributed by atoms with Gasteiger partial charge in [-0.1, -0.05) is 6.42 Å². The number of nitrogens with zero attached hydrogens (tertiary/aromatic N) is 2. The Hall–Kier alpha value is -0.940. The molecule has 2 N–H and O–H groups in total. The van der Waals surface area contributed by atoms with Gasteiger partial charge in [0.15, 0.2) is 5.65 Å². The Kier molecular flexibility index (Phi) is 2.65. The molecule has 1 aliphatic heterocycles. The topological polar surface area (TPSA) is 53.6 Å². The highest BCUT2D eigenvalue weighted by Crippen LogP contribution is 2.23. The van der Waals surface area contributed by atoms with E-state index in [4.69, 9.17) is 0 Å². The van der Waals surface area contributed by atoms with Gasteiger partial charge in [0, 0.05) is 10.7 Å². The number of hydrogen-bond acceptors (Lipinski definition) is 3. The van der Waals surface area contributed by atoms with Crippen LogP contribution in [0.2, 0.25) is 0 Å². The zero-order chi connectivity index (χ0) is 11.0. The van der Waals surface area contributed by atoms with Crippen molar-refractivity contribution in [1.29, 1.82) is 0 Å². The number of H-pyrrole nitrogens is 1. The number of hydrogen-bond donors (Lipinski definition) is 2. The number of halogens is 1. The van der Waals surface area contributed by atoms with Crippen LogP contribution in [0.5, 0.6) is 0 Å². The molecule has 1 unspecified atom stereocenters. The predicted octanol–water partition coefficient (Wildman–Crippen LogP) is 2.53. The van der Waals surface area contributed by atoms with Crippen molar-refractivity contribution >= 4 is 27.1 Å². The summed E-state index contributed by atoms with van der Waals surface area (Å²) in [7, 11) is 0. The first-order chi connectivity index (χ1) is 7.83. The molecular weight excluding hydrogens is 268 g/mol. The van der Waals surface area contributed by atoms with Crippen molar-refractivity contribution in [2.75, 3.05) is 6.54 Å². The average Bonchev–Trinajstić information content (AvgIpc) is 2.73. The van der Waals surface area contributed by atoms with Crippen LogP contribution in [0.3, 0.4) is 0 Å². The minimum Gasteiger partial charge on any atom is -0.339 e. The summed E-state index contributed by atoms with van der Waals surface area (Å²) in [6.45, 7) is 1.08. The molecule has 2 aromatic heterocycles. The lowest BCUT2D eigenvalue weighted by molar-refractivity contribution is 0.400. The van der Waals surface area contributed by atoms with Gasteiger partial charge in [-0.3, -0.25) is 0 Å². The highest BCUT2D eigenvalue weighted by Gasteiger charge is 2.18. The van der Waals surface area contributed by atoms with E-state index in [9.17, 15) is 0 Å². The van der Waals surface area contributed by atoms with Crippen LogP contribution in [0.1, 0.15) is 31.1 Å². The second-order valence-corrected chi connectivity index (χ2v) is 5.06. The van der Waals surface area contributed by atoms with Gasteiger partial charge in [0.25, 0.3) is 0 Å². The normalized spacial score (nSPS) is 21.4. The molecule has 4 nitrogen and oxygen atoms in total. The Morgan fingerprint density at radius 2 is 2.31 bits per heavy atom. The lowest BCUT2D eigenvalue weighted by Crippen LogP contribution is -2.27. The number of rotatable bonds is 1. The summed E-state index contributed by atoms with van der Waals surface area (Å²) in [6, 6.07) is 2.38. The maximum absolute atomic E-state index is 4.53. The number of imidazole rings is 1. The van der Waals surface area contributed by atoms with Crippen LogP contribution in [0.15, 0.2) is 16.7 Å². The molecule has 3 rings (SSSR count). The zero-order valence-electron chi connectivity index (χ0n) is 8.83. The van der Waals surface area contributed by atoms with Crippen molar-refractivity contribution in [3.63, 3.8) is 0 Å². The Morgan fingerprint density at radius 1 is 1.38 bits per heavy atom. The van der Waals surface area contributed by atoms with E-state index in [0.717, 1.165) is 34.4 Å². The van der Waals surface area contributed by atoms with E-state index in [1.807, 2.05) is 6.07 Å². The Balaban J connectivity index is 1.97. The van der Waals surface area contributed by atoms with Gasteiger partial charge >= 0.3 is 0 Å². The Bertz CT molecular complexity index is 502. The van der Waals surface area contributed by atoms with Crippen LogP contribution in [-0.4, -0.2) is 21.5 Å². The number of nitrogens with one attached hydrogen (secondary N) is 2. The number of pyridine rings is 1. The van der Waals surface area contributed by atoms with Crippen LogP contribution >= 0.6 is 15.9 Å². The van der Waals surface area contributed by atoms with Gasteiger partial charge in [-0.05, 0) is 41.4 Å². The second-order valence-electron chi connectivity index (χ2n) is 4.15. The average molecular weight is 281 g/mol. The first-order valence-electron chi connectivity index (χ1n) is 5.57. The van der Waals surface area contributed by atoms with Crippen molar-refractivity contribution in [1.82, 2.24) is 20.3 Å². The third-order valence-electron chi connectivity index (χ3n) is 2.96. The summed E-state index contributed by atoms with van der Waals surface area (Å²) in [6.07, 6.45) is 5.47. The van der Waals surface area contributed by atoms with Crippen molar-refractivity contribution < 1.29 is 0 Å². The fraction of sp³-hybridized carbons (Fsp3) is 0.455. The van der Waals surface area contributed by atoms with Crippen LogP contribution in [0.4, 0.5) is 0 Å². The summed E-state index contributed by atoms with van der Waals surface area (Å²) in [5, 5.41) is 3.48. The largest absolute Gasteiger partial charge is 0.339 e. The van der Waals surface area contributed by atoms with Crippen molar-refractivity contribution in [3.8, 4) is 0 Å². The van der Waals surface area contributed by atoms with Gasteiger partial charge in [0.1, 0.15) is 5.82 Å². The summed E-state index contributed by atoms with van der Waals surface area (Å²) < 4.78 is 0.979. The van der Waals surface area contributed by atoms with Crippen molar-refractivity contribution in [2.24, 2.45) is 0 Å². The molecule has 2 aromatic rings. The molecule has 1 atom stereocenters. The molecule has 5 heteroatoms. The third-order valence-corrected chi connectivity index (χ3v) is 3.40. The molecule has 3 heterocycles. The van der Waals surface area contributed by atoms with Crippen molar-refractivity contribution in [2.45, 2.75) is 25.3 Å². The molecule has 0 spiro atoms. The fourth-order valence-electron chi connectivity index (χ4n) is 2.14. The van der Waals surface area contributed by atoms with Gasteiger partial charge in [0.05, 0.1) is 11.6 Å². The number of aromatic amines is 1. The van der Waals surface area contributed by atoms with Crippen LogP contribution in [0, 0.1) is 0 Å². The molecular formula is C11H13BrN4. The Labute approximate surface area is 102 Å². The van der Waals surface area contributed by atoms with E-state index in [0.29, 0.717) is 6.04 Å².